The number of benzene rings is 1. The normalized spacial score (nSPS) is 15.3. The van der Waals surface area contributed by atoms with E-state index in [-0.39, 0.29) is 11.7 Å². The Morgan fingerprint density at radius 2 is 1.92 bits per heavy atom. The van der Waals surface area contributed by atoms with E-state index >= 15 is 0 Å². The molecule has 9 heteroatoms. The third-order valence-electron chi connectivity index (χ3n) is 4.07. The summed E-state index contributed by atoms with van der Waals surface area (Å²) < 4.78 is 30.2. The van der Waals surface area contributed by atoms with Gasteiger partial charge in [-0.1, -0.05) is 42.8 Å². The number of alkyl halides is 2. The maximum atomic E-state index is 12.3. The van der Waals surface area contributed by atoms with E-state index in [4.69, 9.17) is 4.42 Å². The van der Waals surface area contributed by atoms with Crippen LogP contribution in [0.3, 0.4) is 0 Å². The van der Waals surface area contributed by atoms with Gasteiger partial charge in [-0.2, -0.15) is 8.78 Å². The van der Waals surface area contributed by atoms with Crippen LogP contribution in [0.15, 0.2) is 38.8 Å². The van der Waals surface area contributed by atoms with E-state index < -0.39 is 5.76 Å². The molecule has 140 valence electrons. The van der Waals surface area contributed by atoms with E-state index in [0.29, 0.717) is 39.4 Å². The molecule has 0 aliphatic heterocycles. The third kappa shape index (κ3) is 5.70. The van der Waals surface area contributed by atoms with Gasteiger partial charge in [0.05, 0.1) is 5.75 Å². The first kappa shape index (κ1) is 19.2. The second kappa shape index (κ2) is 9.36. The van der Waals surface area contributed by atoms with Crippen LogP contribution in [0, 0.1) is 0 Å². The summed E-state index contributed by atoms with van der Waals surface area (Å²) in [6, 6.07) is 6.30. The highest BCUT2D eigenvalue weighted by Crippen LogP contribution is 2.33. The molecule has 1 aliphatic carbocycles. The Kier molecular flexibility index (Phi) is 6.90. The molecule has 1 saturated carbocycles. The topological polar surface area (TPSA) is 68.0 Å². The highest BCUT2D eigenvalue weighted by Gasteiger charge is 2.21. The first-order valence-electron chi connectivity index (χ1n) is 8.41. The smallest absolute Gasteiger partial charge is 0.288 e. The van der Waals surface area contributed by atoms with Crippen molar-refractivity contribution in [1.29, 1.82) is 0 Å². The maximum Gasteiger partial charge on any atom is 0.288 e. The molecule has 0 radical (unpaired) electrons. The van der Waals surface area contributed by atoms with Crippen molar-refractivity contribution in [1.82, 2.24) is 10.2 Å². The zero-order valence-electron chi connectivity index (χ0n) is 14.0. The van der Waals surface area contributed by atoms with Crippen molar-refractivity contribution in [2.75, 3.05) is 11.1 Å². The summed E-state index contributed by atoms with van der Waals surface area (Å²) in [5.74, 6) is -1.54. The number of amides is 1. The Morgan fingerprint density at radius 3 is 2.62 bits per heavy atom. The number of halogens is 2. The second-order valence-electron chi connectivity index (χ2n) is 5.98. The van der Waals surface area contributed by atoms with Crippen LogP contribution in [-0.4, -0.2) is 27.6 Å². The molecule has 0 spiro atoms. The van der Waals surface area contributed by atoms with Gasteiger partial charge >= 0.3 is 0 Å². The number of hydrogen-bond acceptors (Lipinski definition) is 6. The van der Waals surface area contributed by atoms with Crippen molar-refractivity contribution in [2.45, 2.75) is 53.9 Å². The number of nitrogens with zero attached hydrogens (tertiary/aromatic N) is 2. The molecule has 1 aromatic heterocycles. The SMILES string of the molecule is O=C(CSc1nnc(C2CCCCC2)o1)Nc1ccc(SC(F)F)cc1. The number of thioether (sulfide) groups is 2. The van der Waals surface area contributed by atoms with Gasteiger partial charge in [-0.3, -0.25) is 4.79 Å². The molecular formula is C17H19F2N3O2S2. The van der Waals surface area contributed by atoms with Gasteiger partial charge in [0.2, 0.25) is 11.8 Å². The van der Waals surface area contributed by atoms with Gasteiger partial charge in [0.15, 0.2) is 0 Å². The summed E-state index contributed by atoms with van der Waals surface area (Å²) in [5.41, 5.74) is 0.558. The molecule has 0 unspecified atom stereocenters. The molecule has 5 nitrogen and oxygen atoms in total. The molecule has 1 amide bonds. The number of nitrogens with one attached hydrogen (secondary N) is 1. The average Bonchev–Trinajstić information content (AvgIpc) is 3.11. The summed E-state index contributed by atoms with van der Waals surface area (Å²) in [7, 11) is 0. The largest absolute Gasteiger partial charge is 0.416 e. The number of hydrogen-bond donors (Lipinski definition) is 1. The molecule has 0 saturated heterocycles. The molecule has 0 bridgehead atoms. The summed E-state index contributed by atoms with van der Waals surface area (Å²) in [4.78, 5) is 12.5. The van der Waals surface area contributed by atoms with Crippen molar-refractivity contribution in [3.63, 3.8) is 0 Å². The van der Waals surface area contributed by atoms with Gasteiger partial charge in [-0.25, -0.2) is 0 Å². The molecule has 2 aromatic rings. The fourth-order valence-electron chi connectivity index (χ4n) is 2.84. The zero-order chi connectivity index (χ0) is 18.4. The minimum Gasteiger partial charge on any atom is -0.416 e. The first-order valence-corrected chi connectivity index (χ1v) is 10.3. The highest BCUT2D eigenvalue weighted by molar-refractivity contribution is 7.99. The number of carbonyl (C=O) groups excluding carboxylic acids is 1. The number of rotatable bonds is 7. The zero-order valence-corrected chi connectivity index (χ0v) is 15.6. The van der Waals surface area contributed by atoms with Crippen LogP contribution in [0.25, 0.3) is 0 Å². The van der Waals surface area contributed by atoms with Gasteiger partial charge in [0.1, 0.15) is 0 Å². The van der Waals surface area contributed by atoms with Gasteiger partial charge in [0.25, 0.3) is 11.0 Å². The van der Waals surface area contributed by atoms with Gasteiger partial charge in [-0.15, -0.1) is 10.2 Å². The van der Waals surface area contributed by atoms with Gasteiger partial charge < -0.3 is 9.73 Å². The summed E-state index contributed by atoms with van der Waals surface area (Å²) >= 11 is 1.66. The van der Waals surface area contributed by atoms with Crippen molar-refractivity contribution in [2.24, 2.45) is 0 Å². The van der Waals surface area contributed by atoms with E-state index in [0.717, 1.165) is 12.8 Å². The molecule has 26 heavy (non-hydrogen) atoms. The van der Waals surface area contributed by atoms with Crippen LogP contribution in [-0.2, 0) is 4.79 Å². The Balaban J connectivity index is 1.46. The quantitative estimate of drug-likeness (QED) is 0.649. The molecule has 1 N–H and O–H groups in total. The third-order valence-corrected chi connectivity index (χ3v) is 5.61. The lowest BCUT2D eigenvalue weighted by atomic mass is 9.89. The van der Waals surface area contributed by atoms with Gasteiger partial charge in [0, 0.05) is 16.5 Å². The van der Waals surface area contributed by atoms with Crippen LogP contribution < -0.4 is 5.32 Å². The van der Waals surface area contributed by atoms with Crippen molar-refractivity contribution >= 4 is 35.1 Å². The molecule has 1 aliphatic rings. The standard InChI is InChI=1S/C17H19F2N3O2S2/c18-16(19)26-13-8-6-12(7-9-13)20-14(23)10-25-17-22-21-15(24-17)11-4-2-1-3-5-11/h6-9,11,16H,1-5,10H2,(H,20,23). The lowest BCUT2D eigenvalue weighted by Gasteiger charge is -2.17. The van der Waals surface area contributed by atoms with E-state index in [2.05, 4.69) is 15.5 Å². The van der Waals surface area contributed by atoms with Crippen molar-refractivity contribution in [3.05, 3.63) is 30.2 Å². The van der Waals surface area contributed by atoms with E-state index in [1.54, 1.807) is 24.3 Å². The van der Waals surface area contributed by atoms with Crippen LogP contribution >= 0.6 is 23.5 Å². The lowest BCUT2D eigenvalue weighted by molar-refractivity contribution is -0.113. The van der Waals surface area contributed by atoms with E-state index in [9.17, 15) is 13.6 Å². The summed E-state index contributed by atoms with van der Waals surface area (Å²) in [6.07, 6.45) is 5.78. The monoisotopic (exact) mass is 399 g/mol. The molecular weight excluding hydrogens is 380 g/mol. The predicted molar refractivity (Wildman–Crippen MR) is 97.8 cm³/mol. The lowest BCUT2D eigenvalue weighted by Crippen LogP contribution is -2.13. The number of anilines is 1. The Hall–Kier alpha value is -1.61. The molecule has 1 fully saturated rings. The van der Waals surface area contributed by atoms with E-state index in [1.165, 1.54) is 31.0 Å². The Bertz CT molecular complexity index is 719. The van der Waals surface area contributed by atoms with Gasteiger partial charge in [-0.05, 0) is 37.1 Å². The molecule has 1 heterocycles. The maximum absolute atomic E-state index is 12.3. The molecule has 0 atom stereocenters. The predicted octanol–water partition coefficient (Wildman–Crippen LogP) is 5.16. The number of aromatic nitrogens is 2. The Morgan fingerprint density at radius 1 is 1.19 bits per heavy atom. The van der Waals surface area contributed by atoms with Crippen LogP contribution in [0.2, 0.25) is 0 Å². The summed E-state index contributed by atoms with van der Waals surface area (Å²) in [6.45, 7) is 0. The minimum absolute atomic E-state index is 0.139. The molecule has 3 rings (SSSR count). The summed E-state index contributed by atoms with van der Waals surface area (Å²) in [5, 5.41) is 11.2. The fraction of sp³-hybridized carbons (Fsp3) is 0.471. The number of carbonyl (C=O) groups is 1. The van der Waals surface area contributed by atoms with Crippen LogP contribution in [0.4, 0.5) is 14.5 Å². The van der Waals surface area contributed by atoms with Crippen molar-refractivity contribution in [3.8, 4) is 0 Å². The Labute approximate surface area is 158 Å². The minimum atomic E-state index is -2.46. The highest BCUT2D eigenvalue weighted by atomic mass is 32.2. The van der Waals surface area contributed by atoms with E-state index in [1.807, 2.05) is 0 Å². The average molecular weight is 399 g/mol. The second-order valence-corrected chi connectivity index (χ2v) is 7.97. The van der Waals surface area contributed by atoms with Crippen LogP contribution in [0.5, 0.6) is 0 Å². The fourth-order valence-corrected chi connectivity index (χ4v) is 3.91. The van der Waals surface area contributed by atoms with Crippen molar-refractivity contribution < 1.29 is 18.0 Å². The first-order chi connectivity index (χ1) is 12.6. The molecule has 1 aromatic carbocycles. The van der Waals surface area contributed by atoms with Crippen LogP contribution in [0.1, 0.15) is 43.9 Å².